The van der Waals surface area contributed by atoms with E-state index < -0.39 is 0 Å². The normalized spacial score (nSPS) is 16.7. The number of nitrogens with zero attached hydrogens (tertiary/aromatic N) is 6. The van der Waals surface area contributed by atoms with E-state index >= 15 is 0 Å². The van der Waals surface area contributed by atoms with E-state index in [0.29, 0.717) is 0 Å². The van der Waals surface area contributed by atoms with Gasteiger partial charge in [0.25, 0.3) is 0 Å². The first kappa shape index (κ1) is 21.6. The van der Waals surface area contributed by atoms with Gasteiger partial charge in [-0.1, -0.05) is 18.2 Å². The Labute approximate surface area is 204 Å². The first-order valence-corrected chi connectivity index (χ1v) is 12.4. The van der Waals surface area contributed by atoms with Crippen molar-refractivity contribution in [3.05, 3.63) is 67.1 Å². The molecule has 2 saturated heterocycles. The highest BCUT2D eigenvalue weighted by atomic mass is 16.1. The second kappa shape index (κ2) is 9.37. The van der Waals surface area contributed by atoms with Crippen LogP contribution in [0, 0.1) is 5.92 Å². The summed E-state index contributed by atoms with van der Waals surface area (Å²) in [6.07, 6.45) is 7.53. The van der Waals surface area contributed by atoms with Crippen molar-refractivity contribution < 1.29 is 4.79 Å². The number of benzene rings is 2. The molecule has 2 aromatic heterocycles. The van der Waals surface area contributed by atoms with Crippen molar-refractivity contribution in [2.24, 2.45) is 5.92 Å². The summed E-state index contributed by atoms with van der Waals surface area (Å²) in [5.41, 5.74) is 3.86. The third-order valence-corrected chi connectivity index (χ3v) is 7.12. The Morgan fingerprint density at radius 3 is 2.31 bits per heavy atom. The number of carbonyl (C=O) groups excluding carboxylic acids is 1. The fourth-order valence-corrected chi connectivity index (χ4v) is 5.17. The fraction of sp³-hybridized carbons (Fsp3) is 0.333. The van der Waals surface area contributed by atoms with Gasteiger partial charge in [0.1, 0.15) is 12.1 Å². The minimum absolute atomic E-state index is 0.00567. The second-order valence-corrected chi connectivity index (χ2v) is 9.32. The molecule has 2 aliphatic heterocycles. The number of hydrogen-bond acceptors (Lipinski definition) is 6. The number of piperidine rings is 1. The Kier molecular flexibility index (Phi) is 5.78. The SMILES string of the molecule is O=C(Nc1ccc(N2CCCC2)cc1)C1CCN(c2ncnc3c2cnn3-c2ccccc2)CC1. The highest BCUT2D eigenvalue weighted by Crippen LogP contribution is 2.29. The molecule has 178 valence electrons. The van der Waals surface area contributed by atoms with Crippen molar-refractivity contribution in [2.45, 2.75) is 25.7 Å². The quantitative estimate of drug-likeness (QED) is 0.472. The average Bonchev–Trinajstić information content (AvgIpc) is 3.60. The monoisotopic (exact) mass is 467 g/mol. The van der Waals surface area contributed by atoms with E-state index in [-0.39, 0.29) is 11.8 Å². The van der Waals surface area contributed by atoms with Crippen molar-refractivity contribution in [3.8, 4) is 5.69 Å². The molecule has 8 heteroatoms. The van der Waals surface area contributed by atoms with E-state index in [1.807, 2.05) is 53.3 Å². The Balaban J connectivity index is 1.10. The summed E-state index contributed by atoms with van der Waals surface area (Å²) < 4.78 is 1.84. The molecule has 0 radical (unpaired) electrons. The van der Waals surface area contributed by atoms with Crippen LogP contribution in [-0.4, -0.2) is 51.8 Å². The number of fused-ring (bicyclic) bond motifs is 1. The minimum Gasteiger partial charge on any atom is -0.372 e. The molecule has 1 N–H and O–H groups in total. The largest absolute Gasteiger partial charge is 0.372 e. The highest BCUT2D eigenvalue weighted by Gasteiger charge is 2.27. The number of carbonyl (C=O) groups is 1. The number of nitrogens with one attached hydrogen (secondary N) is 1. The van der Waals surface area contributed by atoms with Gasteiger partial charge in [-0.3, -0.25) is 4.79 Å². The lowest BCUT2D eigenvalue weighted by Crippen LogP contribution is -2.38. The summed E-state index contributed by atoms with van der Waals surface area (Å²) in [5.74, 6) is 0.978. The van der Waals surface area contributed by atoms with E-state index in [4.69, 9.17) is 0 Å². The first-order valence-electron chi connectivity index (χ1n) is 12.4. The molecule has 2 aliphatic rings. The molecule has 1 amide bonds. The van der Waals surface area contributed by atoms with Gasteiger partial charge in [-0.15, -0.1) is 0 Å². The van der Waals surface area contributed by atoms with Gasteiger partial charge >= 0.3 is 0 Å². The molecule has 4 aromatic rings. The zero-order valence-electron chi connectivity index (χ0n) is 19.7. The minimum atomic E-state index is -0.00567. The standard InChI is InChI=1S/C27H29N7O/c35-27(31-21-8-10-22(11-9-21)32-14-4-5-15-32)20-12-16-33(17-13-20)25-24-18-30-34(26(24)29-19-28-25)23-6-2-1-3-7-23/h1-3,6-11,18-20H,4-5,12-17H2,(H,31,35). The zero-order chi connectivity index (χ0) is 23.6. The van der Waals surface area contributed by atoms with Crippen molar-refractivity contribution in [2.75, 3.05) is 41.3 Å². The van der Waals surface area contributed by atoms with Crippen molar-refractivity contribution in [3.63, 3.8) is 0 Å². The summed E-state index contributed by atoms with van der Waals surface area (Å²) in [7, 11) is 0. The molecule has 6 rings (SSSR count). The maximum Gasteiger partial charge on any atom is 0.227 e. The summed E-state index contributed by atoms with van der Waals surface area (Å²) in [5, 5.41) is 8.61. The van der Waals surface area contributed by atoms with E-state index in [1.54, 1.807) is 6.33 Å². The molecule has 4 heterocycles. The third kappa shape index (κ3) is 4.32. The molecule has 0 saturated carbocycles. The third-order valence-electron chi connectivity index (χ3n) is 7.12. The maximum atomic E-state index is 12.9. The Morgan fingerprint density at radius 1 is 0.829 bits per heavy atom. The number of aromatic nitrogens is 4. The lowest BCUT2D eigenvalue weighted by Gasteiger charge is -2.32. The second-order valence-electron chi connectivity index (χ2n) is 9.32. The van der Waals surface area contributed by atoms with Crippen LogP contribution in [0.5, 0.6) is 0 Å². The van der Waals surface area contributed by atoms with Gasteiger partial charge in [-0.25, -0.2) is 14.6 Å². The average molecular weight is 468 g/mol. The van der Waals surface area contributed by atoms with Crippen LogP contribution in [0.15, 0.2) is 67.1 Å². The Morgan fingerprint density at radius 2 is 1.57 bits per heavy atom. The van der Waals surface area contributed by atoms with Crippen LogP contribution < -0.4 is 15.1 Å². The molecule has 0 unspecified atom stereocenters. The molecule has 2 fully saturated rings. The number of amides is 1. The molecule has 0 spiro atoms. The van der Waals surface area contributed by atoms with E-state index in [1.165, 1.54) is 18.5 Å². The van der Waals surface area contributed by atoms with Gasteiger partial charge in [-0.05, 0) is 62.1 Å². The van der Waals surface area contributed by atoms with Gasteiger partial charge in [0.15, 0.2) is 5.65 Å². The Bertz CT molecular complexity index is 1300. The molecule has 0 atom stereocenters. The summed E-state index contributed by atoms with van der Waals surface area (Å²) in [4.78, 5) is 26.7. The van der Waals surface area contributed by atoms with E-state index in [0.717, 1.165) is 67.2 Å². The fourth-order valence-electron chi connectivity index (χ4n) is 5.17. The molecule has 0 bridgehead atoms. The van der Waals surface area contributed by atoms with Crippen LogP contribution in [0.3, 0.4) is 0 Å². The Hall–Kier alpha value is -3.94. The van der Waals surface area contributed by atoms with E-state index in [9.17, 15) is 4.79 Å². The van der Waals surface area contributed by atoms with Crippen LogP contribution in [0.4, 0.5) is 17.2 Å². The smallest absolute Gasteiger partial charge is 0.227 e. The van der Waals surface area contributed by atoms with Crippen LogP contribution in [0.2, 0.25) is 0 Å². The number of rotatable bonds is 5. The maximum absolute atomic E-state index is 12.9. The summed E-state index contributed by atoms with van der Waals surface area (Å²) in [6, 6.07) is 18.2. The van der Waals surface area contributed by atoms with Gasteiger partial charge in [0.05, 0.1) is 17.3 Å². The molecular weight excluding hydrogens is 438 g/mol. The molecule has 2 aromatic carbocycles. The summed E-state index contributed by atoms with van der Waals surface area (Å²) >= 11 is 0. The lowest BCUT2D eigenvalue weighted by atomic mass is 9.95. The van der Waals surface area contributed by atoms with Gasteiger partial charge in [0.2, 0.25) is 5.91 Å². The molecule has 8 nitrogen and oxygen atoms in total. The lowest BCUT2D eigenvalue weighted by molar-refractivity contribution is -0.120. The van der Waals surface area contributed by atoms with Gasteiger partial charge < -0.3 is 15.1 Å². The van der Waals surface area contributed by atoms with Crippen LogP contribution in [0.25, 0.3) is 16.7 Å². The van der Waals surface area contributed by atoms with Gasteiger partial charge in [0, 0.05) is 43.5 Å². The van der Waals surface area contributed by atoms with Crippen LogP contribution in [-0.2, 0) is 4.79 Å². The topological polar surface area (TPSA) is 79.2 Å². The van der Waals surface area contributed by atoms with Crippen molar-refractivity contribution in [1.29, 1.82) is 0 Å². The number of anilines is 3. The van der Waals surface area contributed by atoms with Crippen molar-refractivity contribution >= 4 is 34.1 Å². The van der Waals surface area contributed by atoms with E-state index in [2.05, 4.69) is 42.3 Å². The van der Waals surface area contributed by atoms with Gasteiger partial charge in [-0.2, -0.15) is 5.10 Å². The molecule has 0 aliphatic carbocycles. The van der Waals surface area contributed by atoms with Crippen molar-refractivity contribution in [1.82, 2.24) is 19.7 Å². The first-order chi connectivity index (χ1) is 17.3. The molecule has 35 heavy (non-hydrogen) atoms. The summed E-state index contributed by atoms with van der Waals surface area (Å²) in [6.45, 7) is 3.79. The predicted octanol–water partition coefficient (Wildman–Crippen LogP) is 4.27. The van der Waals surface area contributed by atoms with Crippen LogP contribution in [0.1, 0.15) is 25.7 Å². The molecular formula is C27H29N7O. The van der Waals surface area contributed by atoms with Crippen LogP contribution >= 0.6 is 0 Å². The number of para-hydroxylation sites is 1. The predicted molar refractivity (Wildman–Crippen MR) is 138 cm³/mol. The highest BCUT2D eigenvalue weighted by molar-refractivity contribution is 5.93. The zero-order valence-corrected chi connectivity index (χ0v) is 19.7. The number of hydrogen-bond donors (Lipinski definition) is 1.